The van der Waals surface area contributed by atoms with E-state index < -0.39 is 6.10 Å². The van der Waals surface area contributed by atoms with E-state index in [4.69, 9.17) is 4.74 Å². The highest BCUT2D eigenvalue weighted by Crippen LogP contribution is 2.28. The lowest BCUT2D eigenvalue weighted by molar-refractivity contribution is -0.124. The second-order valence-electron chi connectivity index (χ2n) is 3.79. The Balaban J connectivity index is 2.13. The van der Waals surface area contributed by atoms with Crippen molar-refractivity contribution in [1.82, 2.24) is 10.2 Å². The van der Waals surface area contributed by atoms with E-state index in [1.807, 2.05) is 24.3 Å². The second kappa shape index (κ2) is 6.23. The Morgan fingerprint density at radius 2 is 2.26 bits per heavy atom. The molecule has 0 spiro atoms. The third-order valence-electron chi connectivity index (χ3n) is 2.45. The van der Waals surface area contributed by atoms with E-state index in [9.17, 15) is 4.79 Å². The fraction of sp³-hybridized carbons (Fsp3) is 0.250. The van der Waals surface area contributed by atoms with Crippen molar-refractivity contribution in [2.45, 2.75) is 13.0 Å². The average Bonchev–Trinajstić information content (AvgIpc) is 2.86. The van der Waals surface area contributed by atoms with Gasteiger partial charge in [-0.3, -0.25) is 10.1 Å². The number of carbonyl (C=O) groups is 1. The van der Waals surface area contributed by atoms with E-state index in [1.165, 1.54) is 18.4 Å². The summed E-state index contributed by atoms with van der Waals surface area (Å²) in [4.78, 5) is 11.6. The van der Waals surface area contributed by atoms with Crippen molar-refractivity contribution in [3.63, 3.8) is 0 Å². The fourth-order valence-electron chi connectivity index (χ4n) is 1.33. The van der Waals surface area contributed by atoms with Crippen LogP contribution in [0.25, 0.3) is 10.6 Å². The number of halogens is 1. The number of hydrogen-bond acceptors (Lipinski definition) is 5. The Bertz CT molecular complexity index is 588. The van der Waals surface area contributed by atoms with Gasteiger partial charge in [0.25, 0.3) is 5.91 Å². The summed E-state index contributed by atoms with van der Waals surface area (Å²) in [6, 6.07) is 7.75. The van der Waals surface area contributed by atoms with Gasteiger partial charge in [0.2, 0.25) is 5.13 Å². The highest BCUT2D eigenvalue weighted by Gasteiger charge is 2.14. The summed E-state index contributed by atoms with van der Waals surface area (Å²) in [5.74, 6) is -0.237. The lowest BCUT2D eigenvalue weighted by Gasteiger charge is -2.06. The molecule has 0 saturated heterocycles. The van der Waals surface area contributed by atoms with Gasteiger partial charge in [0.05, 0.1) is 0 Å². The van der Waals surface area contributed by atoms with Crippen LogP contribution in [0, 0.1) is 0 Å². The van der Waals surface area contributed by atoms with E-state index in [-0.39, 0.29) is 5.91 Å². The molecule has 0 unspecified atom stereocenters. The molecule has 1 heterocycles. The van der Waals surface area contributed by atoms with Crippen LogP contribution in [0.15, 0.2) is 28.7 Å². The predicted octanol–water partition coefficient (Wildman–Crippen LogP) is 2.94. The van der Waals surface area contributed by atoms with Crippen LogP contribution in [-0.4, -0.2) is 29.3 Å². The number of methoxy groups -OCH3 is 1. The first-order chi connectivity index (χ1) is 9.10. The smallest absolute Gasteiger partial charge is 0.255 e. The standard InChI is InChI=1S/C12H12BrN3O2S/c1-7(18-2)10(17)14-12-16-15-11(19-12)8-4-3-5-9(13)6-8/h3-7H,1-2H3,(H,14,16,17)/t7-/m1/s1. The molecule has 1 amide bonds. The first kappa shape index (κ1) is 14.1. The van der Waals surface area contributed by atoms with Gasteiger partial charge in [-0.05, 0) is 19.1 Å². The normalized spacial score (nSPS) is 12.2. The van der Waals surface area contributed by atoms with Gasteiger partial charge in [-0.25, -0.2) is 0 Å². The maximum absolute atomic E-state index is 11.6. The lowest BCUT2D eigenvalue weighted by Crippen LogP contribution is -2.26. The zero-order chi connectivity index (χ0) is 13.8. The molecule has 2 rings (SSSR count). The Labute approximate surface area is 123 Å². The van der Waals surface area contributed by atoms with Crippen LogP contribution in [0.1, 0.15) is 6.92 Å². The van der Waals surface area contributed by atoms with E-state index >= 15 is 0 Å². The number of nitrogens with one attached hydrogen (secondary N) is 1. The van der Waals surface area contributed by atoms with Gasteiger partial charge in [0, 0.05) is 17.1 Å². The minimum atomic E-state index is -0.516. The molecule has 1 aromatic heterocycles. The molecule has 0 bridgehead atoms. The number of hydrogen-bond donors (Lipinski definition) is 1. The quantitative estimate of drug-likeness (QED) is 0.928. The van der Waals surface area contributed by atoms with Crippen molar-refractivity contribution in [3.05, 3.63) is 28.7 Å². The van der Waals surface area contributed by atoms with Crippen molar-refractivity contribution in [3.8, 4) is 10.6 Å². The number of rotatable bonds is 4. The molecule has 19 heavy (non-hydrogen) atoms. The van der Waals surface area contributed by atoms with E-state index in [0.717, 1.165) is 15.0 Å². The molecule has 1 atom stereocenters. The van der Waals surface area contributed by atoms with Gasteiger partial charge >= 0.3 is 0 Å². The Kier molecular flexibility index (Phi) is 4.62. The van der Waals surface area contributed by atoms with Crippen molar-refractivity contribution in [2.75, 3.05) is 12.4 Å². The van der Waals surface area contributed by atoms with Gasteiger partial charge in [0.15, 0.2) is 0 Å². The number of benzene rings is 1. The van der Waals surface area contributed by atoms with Crippen molar-refractivity contribution in [1.29, 1.82) is 0 Å². The number of ether oxygens (including phenoxy) is 1. The molecule has 7 heteroatoms. The number of aromatic nitrogens is 2. The summed E-state index contributed by atoms with van der Waals surface area (Å²) >= 11 is 4.73. The molecule has 1 N–H and O–H groups in total. The monoisotopic (exact) mass is 341 g/mol. The zero-order valence-corrected chi connectivity index (χ0v) is 12.8. The topological polar surface area (TPSA) is 64.1 Å². The SMILES string of the molecule is CO[C@H](C)C(=O)Nc1nnc(-c2cccc(Br)c2)s1. The number of amides is 1. The third kappa shape index (κ3) is 3.59. The molecule has 0 aliphatic rings. The molecule has 0 fully saturated rings. The minimum absolute atomic E-state index is 0.237. The minimum Gasteiger partial charge on any atom is -0.372 e. The molecule has 2 aromatic rings. The summed E-state index contributed by atoms with van der Waals surface area (Å²) in [5, 5.41) is 11.9. The highest BCUT2D eigenvalue weighted by atomic mass is 79.9. The van der Waals surface area contributed by atoms with Gasteiger partial charge in [-0.2, -0.15) is 0 Å². The molecule has 100 valence electrons. The maximum atomic E-state index is 11.6. The Morgan fingerprint density at radius 1 is 1.47 bits per heavy atom. The molecular formula is C12H12BrN3O2S. The summed E-state index contributed by atoms with van der Waals surface area (Å²) < 4.78 is 5.90. The van der Waals surface area contributed by atoms with Crippen molar-refractivity contribution < 1.29 is 9.53 Å². The predicted molar refractivity (Wildman–Crippen MR) is 78.1 cm³/mol. The van der Waals surface area contributed by atoms with Crippen LogP contribution in [0.2, 0.25) is 0 Å². The summed E-state index contributed by atoms with van der Waals surface area (Å²) in [6.07, 6.45) is -0.516. The van der Waals surface area contributed by atoms with Crippen molar-refractivity contribution in [2.24, 2.45) is 0 Å². The number of carbonyl (C=O) groups excluding carboxylic acids is 1. The van der Waals surface area contributed by atoms with E-state index in [2.05, 4.69) is 31.4 Å². The van der Waals surface area contributed by atoms with Crippen LogP contribution in [-0.2, 0) is 9.53 Å². The van der Waals surface area contributed by atoms with E-state index in [0.29, 0.717) is 5.13 Å². The number of nitrogens with zero attached hydrogens (tertiary/aromatic N) is 2. The molecule has 1 aromatic carbocycles. The van der Waals surface area contributed by atoms with Crippen LogP contribution in [0.4, 0.5) is 5.13 Å². The zero-order valence-electron chi connectivity index (χ0n) is 10.4. The fourth-order valence-corrected chi connectivity index (χ4v) is 2.47. The molecule has 0 radical (unpaired) electrons. The van der Waals surface area contributed by atoms with Crippen LogP contribution in [0.5, 0.6) is 0 Å². The lowest BCUT2D eigenvalue weighted by atomic mass is 10.2. The second-order valence-corrected chi connectivity index (χ2v) is 5.68. The van der Waals surface area contributed by atoms with Gasteiger partial charge in [-0.15, -0.1) is 10.2 Å². The summed E-state index contributed by atoms with van der Waals surface area (Å²) in [6.45, 7) is 1.67. The molecule has 0 aliphatic carbocycles. The van der Waals surface area contributed by atoms with Gasteiger partial charge in [0.1, 0.15) is 11.1 Å². The van der Waals surface area contributed by atoms with Crippen LogP contribution < -0.4 is 5.32 Å². The average molecular weight is 342 g/mol. The maximum Gasteiger partial charge on any atom is 0.255 e. The van der Waals surface area contributed by atoms with Crippen LogP contribution >= 0.6 is 27.3 Å². The highest BCUT2D eigenvalue weighted by molar-refractivity contribution is 9.10. The number of anilines is 1. The molecule has 0 aliphatic heterocycles. The first-order valence-corrected chi connectivity index (χ1v) is 7.14. The Morgan fingerprint density at radius 3 is 2.95 bits per heavy atom. The van der Waals surface area contributed by atoms with E-state index in [1.54, 1.807) is 6.92 Å². The largest absolute Gasteiger partial charge is 0.372 e. The van der Waals surface area contributed by atoms with Crippen molar-refractivity contribution >= 4 is 38.3 Å². The summed E-state index contributed by atoms with van der Waals surface area (Å²) in [5.41, 5.74) is 0.951. The van der Waals surface area contributed by atoms with Gasteiger partial charge in [-0.1, -0.05) is 39.4 Å². The molecule has 5 nitrogen and oxygen atoms in total. The Hall–Kier alpha value is -1.31. The first-order valence-electron chi connectivity index (χ1n) is 5.53. The van der Waals surface area contributed by atoms with Crippen LogP contribution in [0.3, 0.4) is 0 Å². The molecular weight excluding hydrogens is 330 g/mol. The van der Waals surface area contributed by atoms with Gasteiger partial charge < -0.3 is 4.74 Å². The molecule has 0 saturated carbocycles. The third-order valence-corrected chi connectivity index (χ3v) is 3.83. The summed E-state index contributed by atoms with van der Waals surface area (Å²) in [7, 11) is 1.48.